The second kappa shape index (κ2) is 8.76. The number of nitrogens with zero attached hydrogens (tertiary/aromatic N) is 1. The Morgan fingerprint density at radius 1 is 1.20 bits per heavy atom. The van der Waals surface area contributed by atoms with Crippen LogP contribution in [-0.2, 0) is 4.79 Å². The van der Waals surface area contributed by atoms with Crippen molar-refractivity contribution in [1.29, 1.82) is 0 Å². The third-order valence-electron chi connectivity index (χ3n) is 2.81. The zero-order valence-electron chi connectivity index (χ0n) is 12.3. The molecule has 0 aliphatic carbocycles. The van der Waals surface area contributed by atoms with Crippen LogP contribution in [0, 0.1) is 0 Å². The van der Waals surface area contributed by atoms with Gasteiger partial charge in [-0.3, -0.25) is 14.5 Å². The van der Waals surface area contributed by atoms with Crippen molar-refractivity contribution in [3.63, 3.8) is 0 Å². The van der Waals surface area contributed by atoms with Crippen LogP contribution >= 0.6 is 11.8 Å². The molecule has 5 heteroatoms. The minimum atomic E-state index is -0.0418. The van der Waals surface area contributed by atoms with E-state index in [4.69, 9.17) is 0 Å². The van der Waals surface area contributed by atoms with Crippen LogP contribution in [0.5, 0.6) is 0 Å². The number of carbonyl (C=O) groups excluding carboxylic acids is 2. The summed E-state index contributed by atoms with van der Waals surface area (Å²) in [6.45, 7) is 3.18. The van der Waals surface area contributed by atoms with E-state index >= 15 is 0 Å². The number of ketones is 1. The van der Waals surface area contributed by atoms with Gasteiger partial charge >= 0.3 is 0 Å². The fourth-order valence-corrected chi connectivity index (χ4v) is 2.14. The molecule has 0 aliphatic rings. The number of rotatable bonds is 8. The van der Waals surface area contributed by atoms with E-state index in [2.05, 4.69) is 5.32 Å². The van der Waals surface area contributed by atoms with Gasteiger partial charge in [-0.15, -0.1) is 11.8 Å². The Hall–Kier alpha value is -1.33. The summed E-state index contributed by atoms with van der Waals surface area (Å²) in [5.41, 5.74) is 0.684. The first-order chi connectivity index (χ1) is 9.56. The number of amides is 1. The van der Waals surface area contributed by atoms with Gasteiger partial charge in [-0.05, 0) is 31.9 Å². The first-order valence-electron chi connectivity index (χ1n) is 6.69. The number of carbonyl (C=O) groups is 2. The lowest BCUT2D eigenvalue weighted by atomic mass is 10.1. The topological polar surface area (TPSA) is 49.4 Å². The molecule has 1 amide bonds. The number of hydrogen-bond donors (Lipinski definition) is 1. The second-order valence-electron chi connectivity index (χ2n) is 4.67. The van der Waals surface area contributed by atoms with Gasteiger partial charge in [0.05, 0.1) is 13.1 Å². The van der Waals surface area contributed by atoms with Crippen LogP contribution in [0.3, 0.4) is 0 Å². The van der Waals surface area contributed by atoms with Crippen LogP contribution in [0.1, 0.15) is 23.7 Å². The maximum atomic E-state index is 12.1. The number of hydrogen-bond acceptors (Lipinski definition) is 4. The summed E-state index contributed by atoms with van der Waals surface area (Å²) in [7, 11) is 1.78. The summed E-state index contributed by atoms with van der Waals surface area (Å²) in [6.07, 6.45) is 2.91. The van der Waals surface area contributed by atoms with E-state index in [-0.39, 0.29) is 24.8 Å². The maximum Gasteiger partial charge on any atom is 0.234 e. The maximum absolute atomic E-state index is 12.1. The molecular formula is C15H22N2O2S. The van der Waals surface area contributed by atoms with Crippen molar-refractivity contribution in [3.8, 4) is 0 Å². The molecule has 110 valence electrons. The fraction of sp³-hybridized carbons (Fsp3) is 0.467. The van der Waals surface area contributed by atoms with Crippen molar-refractivity contribution in [3.05, 3.63) is 29.8 Å². The zero-order valence-corrected chi connectivity index (χ0v) is 13.1. The molecule has 1 aromatic carbocycles. The van der Waals surface area contributed by atoms with Gasteiger partial charge in [0.15, 0.2) is 5.78 Å². The lowest BCUT2D eigenvalue weighted by Gasteiger charge is -2.15. The average molecular weight is 294 g/mol. The van der Waals surface area contributed by atoms with Gasteiger partial charge in [0.1, 0.15) is 0 Å². The summed E-state index contributed by atoms with van der Waals surface area (Å²) in [5.74, 6) is -0.0108. The fourth-order valence-electron chi connectivity index (χ4n) is 1.73. The molecule has 1 N–H and O–H groups in total. The second-order valence-corrected chi connectivity index (χ2v) is 5.55. The van der Waals surface area contributed by atoms with Gasteiger partial charge in [-0.1, -0.05) is 19.1 Å². The molecule has 0 atom stereocenters. The molecule has 20 heavy (non-hydrogen) atoms. The van der Waals surface area contributed by atoms with Gasteiger partial charge in [0, 0.05) is 17.0 Å². The molecule has 0 spiro atoms. The number of Topliss-reactive ketones (excluding diaryl/α,β-unsaturated/α-hetero) is 1. The lowest BCUT2D eigenvalue weighted by molar-refractivity contribution is -0.121. The molecular weight excluding hydrogens is 272 g/mol. The Kier molecular flexibility index (Phi) is 7.33. The molecule has 1 rings (SSSR count). The Labute approximate surface area is 124 Å². The van der Waals surface area contributed by atoms with Crippen LogP contribution in [0.15, 0.2) is 29.2 Å². The molecule has 0 heterocycles. The van der Waals surface area contributed by atoms with Crippen molar-refractivity contribution in [2.24, 2.45) is 0 Å². The molecule has 0 unspecified atom stereocenters. The molecule has 1 aromatic rings. The highest BCUT2D eigenvalue weighted by atomic mass is 32.2. The molecule has 0 aliphatic heterocycles. The summed E-state index contributed by atoms with van der Waals surface area (Å²) in [6, 6.07) is 7.54. The van der Waals surface area contributed by atoms with Crippen LogP contribution in [0.2, 0.25) is 0 Å². The number of nitrogens with one attached hydrogen (secondary N) is 1. The predicted octanol–water partition coefficient (Wildman–Crippen LogP) is 2.05. The summed E-state index contributed by atoms with van der Waals surface area (Å²) in [5, 5.41) is 2.80. The van der Waals surface area contributed by atoms with Gasteiger partial charge in [-0.25, -0.2) is 0 Å². The Morgan fingerprint density at radius 3 is 2.40 bits per heavy atom. The molecule has 0 fully saturated rings. The van der Waals surface area contributed by atoms with E-state index in [9.17, 15) is 9.59 Å². The van der Waals surface area contributed by atoms with Gasteiger partial charge in [0.2, 0.25) is 5.91 Å². The molecule has 0 saturated carbocycles. The minimum absolute atomic E-state index is 0.0310. The molecule has 0 bridgehead atoms. The highest BCUT2D eigenvalue weighted by Crippen LogP contribution is 2.15. The van der Waals surface area contributed by atoms with E-state index < -0.39 is 0 Å². The standard InChI is InChI=1S/C15H22N2O2S/c1-4-9-16-15(19)11-17(2)10-14(18)12-5-7-13(20-3)8-6-12/h5-8H,4,9-11H2,1-3H3,(H,16,19). The van der Waals surface area contributed by atoms with Crippen LogP contribution < -0.4 is 5.32 Å². The van der Waals surface area contributed by atoms with Crippen molar-refractivity contribution in [1.82, 2.24) is 10.2 Å². The summed E-state index contributed by atoms with van der Waals surface area (Å²) >= 11 is 1.64. The van der Waals surface area contributed by atoms with Crippen LogP contribution in [0.4, 0.5) is 0 Å². The molecule has 0 radical (unpaired) electrons. The van der Waals surface area contributed by atoms with Gasteiger partial charge in [0.25, 0.3) is 0 Å². The molecule has 0 saturated heterocycles. The van der Waals surface area contributed by atoms with E-state index in [0.29, 0.717) is 12.1 Å². The van der Waals surface area contributed by atoms with Crippen LogP contribution in [0.25, 0.3) is 0 Å². The number of thioether (sulfide) groups is 1. The summed E-state index contributed by atoms with van der Waals surface area (Å²) in [4.78, 5) is 26.5. The van der Waals surface area contributed by atoms with Crippen molar-refractivity contribution in [2.45, 2.75) is 18.2 Å². The lowest BCUT2D eigenvalue weighted by Crippen LogP contribution is -2.37. The minimum Gasteiger partial charge on any atom is -0.355 e. The average Bonchev–Trinajstić information content (AvgIpc) is 2.45. The highest BCUT2D eigenvalue weighted by molar-refractivity contribution is 7.98. The van der Waals surface area contributed by atoms with Gasteiger partial charge in [-0.2, -0.15) is 0 Å². The van der Waals surface area contributed by atoms with E-state index in [1.54, 1.807) is 23.7 Å². The SMILES string of the molecule is CCCNC(=O)CN(C)CC(=O)c1ccc(SC)cc1. The highest BCUT2D eigenvalue weighted by Gasteiger charge is 2.12. The van der Waals surface area contributed by atoms with Crippen molar-refractivity contribution >= 4 is 23.5 Å². The quantitative estimate of drug-likeness (QED) is 0.589. The smallest absolute Gasteiger partial charge is 0.234 e. The van der Waals surface area contributed by atoms with E-state index in [1.165, 1.54) is 0 Å². The predicted molar refractivity (Wildman–Crippen MR) is 83.4 cm³/mol. The Balaban J connectivity index is 2.46. The monoisotopic (exact) mass is 294 g/mol. The Morgan fingerprint density at radius 2 is 1.85 bits per heavy atom. The first kappa shape index (κ1) is 16.7. The van der Waals surface area contributed by atoms with Crippen LogP contribution in [-0.4, -0.2) is 49.5 Å². The zero-order chi connectivity index (χ0) is 15.0. The van der Waals surface area contributed by atoms with Crippen molar-refractivity contribution < 1.29 is 9.59 Å². The number of benzene rings is 1. The van der Waals surface area contributed by atoms with Gasteiger partial charge < -0.3 is 5.32 Å². The molecule has 0 aromatic heterocycles. The number of likely N-dealkylation sites (N-methyl/N-ethyl adjacent to an activating group) is 1. The summed E-state index contributed by atoms with van der Waals surface area (Å²) < 4.78 is 0. The first-order valence-corrected chi connectivity index (χ1v) is 7.91. The molecule has 4 nitrogen and oxygen atoms in total. The van der Waals surface area contributed by atoms with E-state index in [1.807, 2.05) is 37.4 Å². The normalized spacial score (nSPS) is 10.6. The third kappa shape index (κ3) is 5.75. The van der Waals surface area contributed by atoms with Crippen molar-refractivity contribution in [2.75, 3.05) is 32.9 Å². The largest absolute Gasteiger partial charge is 0.355 e. The Bertz CT molecular complexity index is 446. The van der Waals surface area contributed by atoms with E-state index in [0.717, 1.165) is 11.3 Å². The third-order valence-corrected chi connectivity index (χ3v) is 3.55.